The second kappa shape index (κ2) is 8.98. The molecular formula is C22H29BrN4O2. The van der Waals surface area contributed by atoms with E-state index in [0.29, 0.717) is 24.7 Å². The monoisotopic (exact) mass is 460 g/mol. The maximum Gasteiger partial charge on any atom is 0.255 e. The van der Waals surface area contributed by atoms with Crippen molar-refractivity contribution in [3.8, 4) is 0 Å². The van der Waals surface area contributed by atoms with Crippen molar-refractivity contribution in [1.29, 1.82) is 0 Å². The normalized spacial score (nSPS) is 24.3. The van der Waals surface area contributed by atoms with Crippen LogP contribution < -0.4 is 5.32 Å². The van der Waals surface area contributed by atoms with Crippen LogP contribution in [0.1, 0.15) is 23.2 Å². The van der Waals surface area contributed by atoms with Gasteiger partial charge in [0.1, 0.15) is 0 Å². The van der Waals surface area contributed by atoms with Gasteiger partial charge in [0.05, 0.1) is 17.5 Å². The van der Waals surface area contributed by atoms with Gasteiger partial charge in [-0.25, -0.2) is 0 Å². The number of hydrogen-bond donors (Lipinski definition) is 1. The lowest BCUT2D eigenvalue weighted by Gasteiger charge is -2.46. The summed E-state index contributed by atoms with van der Waals surface area (Å²) in [7, 11) is 2.17. The van der Waals surface area contributed by atoms with Crippen LogP contribution in [0, 0.1) is 5.92 Å². The number of nitrogens with one attached hydrogen (secondary N) is 1. The third-order valence-corrected chi connectivity index (χ3v) is 7.01. The van der Waals surface area contributed by atoms with Crippen molar-refractivity contribution in [2.45, 2.75) is 24.9 Å². The number of nitrogens with zero attached hydrogens (tertiary/aromatic N) is 3. The zero-order chi connectivity index (χ0) is 20.4. The van der Waals surface area contributed by atoms with Gasteiger partial charge in [0, 0.05) is 36.7 Å². The van der Waals surface area contributed by atoms with E-state index in [-0.39, 0.29) is 23.8 Å². The maximum absolute atomic E-state index is 12.8. The fraction of sp³-hybridized carbons (Fsp3) is 0.545. The van der Waals surface area contributed by atoms with Crippen molar-refractivity contribution in [1.82, 2.24) is 20.0 Å². The summed E-state index contributed by atoms with van der Waals surface area (Å²) in [6, 6.07) is 7.96. The molecule has 0 aliphatic carbocycles. The van der Waals surface area contributed by atoms with Crippen LogP contribution in [-0.2, 0) is 4.79 Å². The lowest BCUT2D eigenvalue weighted by atomic mass is 9.92. The fourth-order valence-electron chi connectivity index (χ4n) is 4.43. The van der Waals surface area contributed by atoms with Crippen molar-refractivity contribution in [3.63, 3.8) is 0 Å². The quantitative estimate of drug-likeness (QED) is 0.697. The summed E-state index contributed by atoms with van der Waals surface area (Å²) in [5.41, 5.74) is 0.653. The van der Waals surface area contributed by atoms with Gasteiger partial charge in [-0.05, 0) is 61.0 Å². The van der Waals surface area contributed by atoms with Crippen LogP contribution in [0.25, 0.3) is 0 Å². The Morgan fingerprint density at radius 2 is 1.83 bits per heavy atom. The Morgan fingerprint density at radius 3 is 2.55 bits per heavy atom. The number of likely N-dealkylation sites (tertiary alicyclic amines) is 2. The third kappa shape index (κ3) is 4.73. The predicted octanol–water partition coefficient (Wildman–Crippen LogP) is 1.97. The number of benzene rings is 1. The molecule has 7 heteroatoms. The number of amides is 2. The number of piperidine rings is 1. The minimum absolute atomic E-state index is 0.0156. The summed E-state index contributed by atoms with van der Waals surface area (Å²) < 4.78 is 0.795. The highest BCUT2D eigenvalue weighted by molar-refractivity contribution is 9.10. The van der Waals surface area contributed by atoms with Crippen molar-refractivity contribution in [3.05, 3.63) is 46.5 Å². The predicted molar refractivity (Wildman–Crippen MR) is 117 cm³/mol. The molecule has 2 amide bonds. The van der Waals surface area contributed by atoms with Crippen molar-refractivity contribution < 1.29 is 9.59 Å². The Balaban J connectivity index is 1.26. The molecular weight excluding hydrogens is 432 g/mol. The number of rotatable bonds is 4. The topological polar surface area (TPSA) is 55.9 Å². The standard InChI is InChI=1S/C22H29BrN4O2/c1-25-11-8-18(9-12-25)27-13-16(14-27)21(28)24-17-5-4-10-26(15-17)22(29)19-6-2-3-7-20(19)23/h2-7,16-18H,8-15H2,1H3,(H,24,28). The average Bonchev–Trinajstić information content (AvgIpc) is 2.68. The first-order valence-corrected chi connectivity index (χ1v) is 11.2. The third-order valence-electron chi connectivity index (χ3n) is 6.32. The van der Waals surface area contributed by atoms with Crippen LogP contribution in [0.2, 0.25) is 0 Å². The van der Waals surface area contributed by atoms with E-state index in [0.717, 1.165) is 30.7 Å². The maximum atomic E-state index is 12.8. The first kappa shape index (κ1) is 20.6. The first-order valence-electron chi connectivity index (χ1n) is 10.4. The number of hydrogen-bond acceptors (Lipinski definition) is 4. The van der Waals surface area contributed by atoms with Gasteiger partial charge in [0.25, 0.3) is 5.91 Å². The molecule has 0 radical (unpaired) electrons. The van der Waals surface area contributed by atoms with Gasteiger partial charge < -0.3 is 15.1 Å². The molecule has 1 N–H and O–H groups in total. The molecule has 156 valence electrons. The Bertz CT molecular complexity index is 785. The van der Waals surface area contributed by atoms with Crippen LogP contribution in [0.3, 0.4) is 0 Å². The lowest BCUT2D eigenvalue weighted by molar-refractivity contribution is -0.132. The molecule has 1 atom stereocenters. The summed E-state index contributed by atoms with van der Waals surface area (Å²) in [4.78, 5) is 32.1. The van der Waals surface area contributed by atoms with Crippen LogP contribution in [0.15, 0.2) is 40.9 Å². The van der Waals surface area contributed by atoms with Gasteiger partial charge in [0.2, 0.25) is 5.91 Å². The molecule has 0 aromatic heterocycles. The molecule has 0 bridgehead atoms. The minimum atomic E-state index is -0.125. The van der Waals surface area contributed by atoms with Gasteiger partial charge >= 0.3 is 0 Å². The molecule has 29 heavy (non-hydrogen) atoms. The molecule has 1 aromatic carbocycles. The Hall–Kier alpha value is -1.70. The molecule has 0 spiro atoms. The van der Waals surface area contributed by atoms with E-state index >= 15 is 0 Å². The van der Waals surface area contributed by atoms with E-state index in [1.807, 2.05) is 36.4 Å². The smallest absolute Gasteiger partial charge is 0.255 e. The zero-order valence-electron chi connectivity index (χ0n) is 16.9. The van der Waals surface area contributed by atoms with E-state index in [1.54, 1.807) is 4.90 Å². The second-order valence-electron chi connectivity index (χ2n) is 8.42. The van der Waals surface area contributed by atoms with Gasteiger partial charge in [-0.15, -0.1) is 0 Å². The Labute approximate surface area is 181 Å². The summed E-state index contributed by atoms with van der Waals surface area (Å²) in [6.45, 7) is 5.08. The molecule has 4 rings (SSSR count). The molecule has 1 unspecified atom stereocenters. The number of carbonyl (C=O) groups is 2. The average molecular weight is 461 g/mol. The molecule has 2 fully saturated rings. The number of carbonyl (C=O) groups excluding carboxylic acids is 2. The zero-order valence-corrected chi connectivity index (χ0v) is 18.5. The molecule has 3 aliphatic rings. The summed E-state index contributed by atoms with van der Waals surface area (Å²) in [5, 5.41) is 3.14. The Morgan fingerprint density at radius 1 is 1.10 bits per heavy atom. The SMILES string of the molecule is CN1CCC(N2CC(C(=O)NC3C=CCN(C(=O)c4ccccc4Br)C3)C2)CC1. The van der Waals surface area contributed by atoms with Crippen LogP contribution >= 0.6 is 15.9 Å². The van der Waals surface area contributed by atoms with Crippen molar-refractivity contribution in [2.75, 3.05) is 46.3 Å². The highest BCUT2D eigenvalue weighted by Crippen LogP contribution is 2.25. The lowest BCUT2D eigenvalue weighted by Crippen LogP contribution is -2.60. The van der Waals surface area contributed by atoms with Gasteiger partial charge in [-0.1, -0.05) is 24.3 Å². The van der Waals surface area contributed by atoms with E-state index < -0.39 is 0 Å². The molecule has 0 saturated carbocycles. The Kier molecular flexibility index (Phi) is 6.37. The number of halogens is 1. The molecule has 3 aliphatic heterocycles. The van der Waals surface area contributed by atoms with Gasteiger partial charge in [-0.2, -0.15) is 0 Å². The molecule has 6 nitrogen and oxygen atoms in total. The molecule has 3 heterocycles. The fourth-order valence-corrected chi connectivity index (χ4v) is 4.88. The molecule has 1 aromatic rings. The van der Waals surface area contributed by atoms with Crippen LogP contribution in [-0.4, -0.2) is 84.9 Å². The second-order valence-corrected chi connectivity index (χ2v) is 9.27. The summed E-state index contributed by atoms with van der Waals surface area (Å²) >= 11 is 3.45. The highest BCUT2D eigenvalue weighted by atomic mass is 79.9. The van der Waals surface area contributed by atoms with Gasteiger partial charge in [0.15, 0.2) is 0 Å². The van der Waals surface area contributed by atoms with Crippen molar-refractivity contribution >= 4 is 27.7 Å². The molecule has 2 saturated heterocycles. The largest absolute Gasteiger partial charge is 0.348 e. The van der Waals surface area contributed by atoms with Crippen molar-refractivity contribution in [2.24, 2.45) is 5.92 Å². The van der Waals surface area contributed by atoms with Crippen LogP contribution in [0.5, 0.6) is 0 Å². The highest BCUT2D eigenvalue weighted by Gasteiger charge is 2.38. The van der Waals surface area contributed by atoms with Gasteiger partial charge in [-0.3, -0.25) is 14.5 Å². The van der Waals surface area contributed by atoms with E-state index in [4.69, 9.17) is 0 Å². The minimum Gasteiger partial charge on any atom is -0.348 e. The van der Waals surface area contributed by atoms with E-state index in [9.17, 15) is 9.59 Å². The summed E-state index contributed by atoms with van der Waals surface area (Å²) in [5.74, 6) is 0.162. The summed E-state index contributed by atoms with van der Waals surface area (Å²) in [6.07, 6.45) is 6.37. The van der Waals surface area contributed by atoms with E-state index in [1.165, 1.54) is 12.8 Å². The van der Waals surface area contributed by atoms with E-state index in [2.05, 4.69) is 38.1 Å². The first-order chi connectivity index (χ1) is 14.0. The van der Waals surface area contributed by atoms with Crippen LogP contribution in [0.4, 0.5) is 0 Å².